The summed E-state index contributed by atoms with van der Waals surface area (Å²) in [5.74, 6) is 0.582. The maximum absolute atomic E-state index is 5.73. The minimum atomic E-state index is 0.582. The van der Waals surface area contributed by atoms with Crippen molar-refractivity contribution in [2.45, 2.75) is 12.8 Å². The number of likely N-dealkylation sites (tertiary alicyclic amines) is 1. The number of rotatable bonds is 4. The van der Waals surface area contributed by atoms with Crippen LogP contribution >= 0.6 is 0 Å². The van der Waals surface area contributed by atoms with Crippen molar-refractivity contribution in [2.24, 2.45) is 0 Å². The van der Waals surface area contributed by atoms with E-state index in [-0.39, 0.29) is 0 Å². The lowest BCUT2D eigenvalue weighted by Crippen LogP contribution is -2.26. The van der Waals surface area contributed by atoms with Crippen LogP contribution in [0.3, 0.4) is 0 Å². The van der Waals surface area contributed by atoms with E-state index in [0.29, 0.717) is 5.82 Å². The molecular weight excluding hydrogens is 188 g/mol. The molecule has 1 aliphatic rings. The highest BCUT2D eigenvalue weighted by molar-refractivity contribution is 5.60. The zero-order valence-corrected chi connectivity index (χ0v) is 8.95. The highest BCUT2D eigenvalue weighted by atomic mass is 15.2. The Balaban J connectivity index is 1.75. The number of pyridine rings is 1. The Labute approximate surface area is 90.5 Å². The fourth-order valence-corrected chi connectivity index (χ4v) is 1.92. The predicted octanol–water partition coefficient (Wildman–Crippen LogP) is 1.17. The van der Waals surface area contributed by atoms with Crippen molar-refractivity contribution < 1.29 is 0 Å². The lowest BCUT2D eigenvalue weighted by Gasteiger charge is -2.15. The van der Waals surface area contributed by atoms with Gasteiger partial charge >= 0.3 is 0 Å². The average Bonchev–Trinajstić information content (AvgIpc) is 2.74. The van der Waals surface area contributed by atoms with Gasteiger partial charge in [-0.3, -0.25) is 0 Å². The second-order valence-electron chi connectivity index (χ2n) is 3.91. The zero-order valence-electron chi connectivity index (χ0n) is 8.95. The van der Waals surface area contributed by atoms with E-state index in [9.17, 15) is 0 Å². The molecule has 0 aromatic carbocycles. The summed E-state index contributed by atoms with van der Waals surface area (Å²) in [7, 11) is 0. The van der Waals surface area contributed by atoms with Gasteiger partial charge in [-0.25, -0.2) is 4.98 Å². The van der Waals surface area contributed by atoms with Crippen molar-refractivity contribution in [1.82, 2.24) is 9.88 Å². The van der Waals surface area contributed by atoms with Gasteiger partial charge in [-0.05, 0) is 38.1 Å². The quantitative estimate of drug-likeness (QED) is 0.776. The highest BCUT2D eigenvalue weighted by Crippen LogP contribution is 2.13. The summed E-state index contributed by atoms with van der Waals surface area (Å²) in [5, 5.41) is 3.31. The van der Waals surface area contributed by atoms with Gasteiger partial charge in [0.2, 0.25) is 0 Å². The predicted molar refractivity (Wildman–Crippen MR) is 62.8 cm³/mol. The van der Waals surface area contributed by atoms with Gasteiger partial charge in [-0.15, -0.1) is 0 Å². The molecule has 0 aliphatic carbocycles. The van der Waals surface area contributed by atoms with Crippen molar-refractivity contribution >= 4 is 11.5 Å². The Bertz CT molecular complexity index is 307. The monoisotopic (exact) mass is 206 g/mol. The molecule has 82 valence electrons. The molecule has 0 radical (unpaired) electrons. The summed E-state index contributed by atoms with van der Waals surface area (Å²) < 4.78 is 0. The van der Waals surface area contributed by atoms with Gasteiger partial charge in [0.15, 0.2) is 0 Å². The summed E-state index contributed by atoms with van der Waals surface area (Å²) >= 11 is 0. The number of nitrogens with two attached hydrogens (primary N) is 1. The number of nitrogens with one attached hydrogen (secondary N) is 1. The summed E-state index contributed by atoms with van der Waals surface area (Å²) in [5.41, 5.74) is 6.67. The van der Waals surface area contributed by atoms with Crippen molar-refractivity contribution in [1.29, 1.82) is 0 Å². The standard InChI is InChI=1S/C11H18N4/c12-11-10(4-3-5-14-11)13-6-9-15-7-1-2-8-15/h3-5,13H,1-2,6-9H2,(H2,12,14). The minimum absolute atomic E-state index is 0.582. The third-order valence-corrected chi connectivity index (χ3v) is 2.78. The molecule has 0 amide bonds. The second kappa shape index (κ2) is 4.98. The third kappa shape index (κ3) is 2.83. The molecule has 0 saturated carbocycles. The summed E-state index contributed by atoms with van der Waals surface area (Å²) in [6.45, 7) is 4.51. The largest absolute Gasteiger partial charge is 0.382 e. The minimum Gasteiger partial charge on any atom is -0.382 e. The van der Waals surface area contributed by atoms with Crippen LogP contribution in [0.4, 0.5) is 11.5 Å². The van der Waals surface area contributed by atoms with Gasteiger partial charge < -0.3 is 16.0 Å². The SMILES string of the molecule is Nc1ncccc1NCCN1CCCC1. The molecule has 0 bridgehead atoms. The van der Waals surface area contributed by atoms with Gasteiger partial charge in [0.05, 0.1) is 5.69 Å². The van der Waals surface area contributed by atoms with E-state index in [4.69, 9.17) is 5.73 Å². The van der Waals surface area contributed by atoms with Crippen molar-refractivity contribution in [3.8, 4) is 0 Å². The highest BCUT2D eigenvalue weighted by Gasteiger charge is 2.10. The fraction of sp³-hybridized carbons (Fsp3) is 0.545. The number of hydrogen-bond donors (Lipinski definition) is 2. The molecule has 2 rings (SSSR count). The number of hydrogen-bond acceptors (Lipinski definition) is 4. The van der Waals surface area contributed by atoms with E-state index in [1.165, 1.54) is 25.9 Å². The van der Waals surface area contributed by atoms with Gasteiger partial charge in [-0.2, -0.15) is 0 Å². The molecule has 4 nitrogen and oxygen atoms in total. The van der Waals surface area contributed by atoms with E-state index in [2.05, 4.69) is 15.2 Å². The van der Waals surface area contributed by atoms with Crippen LogP contribution in [0, 0.1) is 0 Å². The van der Waals surface area contributed by atoms with Crippen LogP contribution in [-0.4, -0.2) is 36.1 Å². The van der Waals surface area contributed by atoms with Gasteiger partial charge in [0.1, 0.15) is 5.82 Å². The summed E-state index contributed by atoms with van der Waals surface area (Å²) in [6.07, 6.45) is 4.39. The average molecular weight is 206 g/mol. The van der Waals surface area contributed by atoms with E-state index in [1.54, 1.807) is 6.20 Å². The van der Waals surface area contributed by atoms with E-state index < -0.39 is 0 Å². The molecule has 1 aromatic heterocycles. The number of nitrogen functional groups attached to an aromatic ring is 1. The molecule has 4 heteroatoms. The molecular formula is C11H18N4. The van der Waals surface area contributed by atoms with Gasteiger partial charge in [0, 0.05) is 19.3 Å². The Morgan fingerprint density at radius 2 is 2.20 bits per heavy atom. The number of aromatic nitrogens is 1. The molecule has 1 fully saturated rings. The molecule has 3 N–H and O–H groups in total. The summed E-state index contributed by atoms with van der Waals surface area (Å²) in [4.78, 5) is 6.50. The molecule has 15 heavy (non-hydrogen) atoms. The van der Waals surface area contributed by atoms with Crippen LogP contribution < -0.4 is 11.1 Å². The van der Waals surface area contributed by atoms with Crippen LogP contribution in [-0.2, 0) is 0 Å². The molecule has 1 aromatic rings. The third-order valence-electron chi connectivity index (χ3n) is 2.78. The summed E-state index contributed by atoms with van der Waals surface area (Å²) in [6, 6.07) is 3.86. The van der Waals surface area contributed by atoms with Crippen LogP contribution in [0.25, 0.3) is 0 Å². The lowest BCUT2D eigenvalue weighted by atomic mass is 10.4. The van der Waals surface area contributed by atoms with Crippen LogP contribution in [0.15, 0.2) is 18.3 Å². The Morgan fingerprint density at radius 3 is 2.93 bits per heavy atom. The Kier molecular flexibility index (Phi) is 3.40. The maximum atomic E-state index is 5.73. The first-order valence-corrected chi connectivity index (χ1v) is 5.53. The molecule has 0 spiro atoms. The normalized spacial score (nSPS) is 16.8. The van der Waals surface area contributed by atoms with Crippen LogP contribution in [0.1, 0.15) is 12.8 Å². The maximum Gasteiger partial charge on any atom is 0.146 e. The molecule has 1 saturated heterocycles. The van der Waals surface area contributed by atoms with Crippen molar-refractivity contribution in [2.75, 3.05) is 37.2 Å². The first-order chi connectivity index (χ1) is 7.36. The second-order valence-corrected chi connectivity index (χ2v) is 3.91. The Morgan fingerprint density at radius 1 is 1.40 bits per heavy atom. The van der Waals surface area contributed by atoms with E-state index >= 15 is 0 Å². The van der Waals surface area contributed by atoms with Crippen molar-refractivity contribution in [3.05, 3.63) is 18.3 Å². The van der Waals surface area contributed by atoms with Gasteiger partial charge in [-0.1, -0.05) is 0 Å². The molecule has 0 atom stereocenters. The Hall–Kier alpha value is -1.29. The molecule has 1 aliphatic heterocycles. The molecule has 2 heterocycles. The van der Waals surface area contributed by atoms with Crippen LogP contribution in [0.5, 0.6) is 0 Å². The first kappa shape index (κ1) is 10.2. The lowest BCUT2D eigenvalue weighted by molar-refractivity contribution is 0.353. The zero-order chi connectivity index (χ0) is 10.5. The van der Waals surface area contributed by atoms with Gasteiger partial charge in [0.25, 0.3) is 0 Å². The van der Waals surface area contributed by atoms with E-state index in [0.717, 1.165) is 18.8 Å². The molecule has 0 unspecified atom stereocenters. The fourth-order valence-electron chi connectivity index (χ4n) is 1.92. The van der Waals surface area contributed by atoms with Crippen LogP contribution in [0.2, 0.25) is 0 Å². The first-order valence-electron chi connectivity index (χ1n) is 5.53. The topological polar surface area (TPSA) is 54.2 Å². The smallest absolute Gasteiger partial charge is 0.146 e. The van der Waals surface area contributed by atoms with Crippen molar-refractivity contribution in [3.63, 3.8) is 0 Å². The van der Waals surface area contributed by atoms with E-state index in [1.807, 2.05) is 12.1 Å². The number of nitrogens with zero attached hydrogens (tertiary/aromatic N) is 2. The number of anilines is 2.